The van der Waals surface area contributed by atoms with Crippen molar-refractivity contribution in [2.24, 2.45) is 0 Å². The van der Waals surface area contributed by atoms with Gasteiger partial charge in [0.2, 0.25) is 0 Å². The minimum Gasteiger partial charge on any atom is -0.467 e. The van der Waals surface area contributed by atoms with Crippen LogP contribution in [0.5, 0.6) is 0 Å². The Morgan fingerprint density at radius 1 is 0.964 bits per heavy atom. The van der Waals surface area contributed by atoms with E-state index in [1.54, 1.807) is 60.9 Å². The van der Waals surface area contributed by atoms with E-state index in [1.165, 1.54) is 0 Å². The summed E-state index contributed by atoms with van der Waals surface area (Å²) in [7, 11) is 0. The van der Waals surface area contributed by atoms with Crippen LogP contribution >= 0.6 is 28.1 Å². The van der Waals surface area contributed by atoms with Crippen LogP contribution in [0.4, 0.5) is 5.69 Å². The van der Waals surface area contributed by atoms with Gasteiger partial charge in [-0.25, -0.2) is 0 Å². The van der Waals surface area contributed by atoms with Crippen molar-refractivity contribution < 1.29 is 14.0 Å². The van der Waals surface area contributed by atoms with E-state index in [1.807, 2.05) is 6.07 Å². The zero-order valence-corrected chi connectivity index (χ0v) is 17.0. The number of anilines is 1. The molecule has 1 heterocycles. The van der Waals surface area contributed by atoms with Crippen molar-refractivity contribution in [2.45, 2.75) is 6.54 Å². The molecular formula is C20H16BrN3O3S. The van der Waals surface area contributed by atoms with E-state index in [9.17, 15) is 9.59 Å². The molecule has 0 radical (unpaired) electrons. The molecule has 3 aromatic rings. The summed E-state index contributed by atoms with van der Waals surface area (Å²) in [4.78, 5) is 24.5. The number of rotatable bonds is 5. The van der Waals surface area contributed by atoms with E-state index in [4.69, 9.17) is 16.6 Å². The third-order valence-corrected chi connectivity index (χ3v) is 4.40. The maximum absolute atomic E-state index is 12.3. The molecule has 3 N–H and O–H groups in total. The first kappa shape index (κ1) is 19.8. The molecule has 2 aromatic carbocycles. The first-order valence-corrected chi connectivity index (χ1v) is 9.50. The molecule has 0 spiro atoms. The molecule has 28 heavy (non-hydrogen) atoms. The summed E-state index contributed by atoms with van der Waals surface area (Å²) in [5.41, 5.74) is 1.52. The number of carbonyl (C=O) groups is 2. The van der Waals surface area contributed by atoms with Gasteiger partial charge in [-0.3, -0.25) is 14.9 Å². The summed E-state index contributed by atoms with van der Waals surface area (Å²) >= 11 is 8.52. The highest BCUT2D eigenvalue weighted by Gasteiger charge is 2.10. The molecule has 2 amide bonds. The van der Waals surface area contributed by atoms with Crippen LogP contribution in [0.3, 0.4) is 0 Å². The Kier molecular flexibility index (Phi) is 6.57. The van der Waals surface area contributed by atoms with Gasteiger partial charge >= 0.3 is 0 Å². The molecule has 6 nitrogen and oxygen atoms in total. The SMILES string of the molecule is O=C(NCc1ccco1)c1cccc(NC(=S)NC(=O)c2cccc(Br)c2)c1. The van der Waals surface area contributed by atoms with E-state index in [0.717, 1.165) is 4.47 Å². The fraction of sp³-hybridized carbons (Fsp3) is 0.0500. The highest BCUT2D eigenvalue weighted by atomic mass is 79.9. The minimum absolute atomic E-state index is 0.137. The second-order valence-corrected chi connectivity index (χ2v) is 7.09. The van der Waals surface area contributed by atoms with Crippen molar-refractivity contribution in [2.75, 3.05) is 5.32 Å². The molecule has 0 unspecified atom stereocenters. The van der Waals surface area contributed by atoms with E-state index in [2.05, 4.69) is 31.9 Å². The smallest absolute Gasteiger partial charge is 0.257 e. The number of hydrogen-bond acceptors (Lipinski definition) is 4. The summed E-state index contributed by atoms with van der Waals surface area (Å²) in [5, 5.41) is 8.43. The molecule has 0 aliphatic rings. The van der Waals surface area contributed by atoms with Gasteiger partial charge in [-0.05, 0) is 60.7 Å². The van der Waals surface area contributed by atoms with Crippen LogP contribution in [0, 0.1) is 0 Å². The molecule has 0 bridgehead atoms. The Balaban J connectivity index is 1.58. The fourth-order valence-corrected chi connectivity index (χ4v) is 3.00. The van der Waals surface area contributed by atoms with Crippen molar-refractivity contribution in [3.8, 4) is 0 Å². The number of amides is 2. The predicted octanol–water partition coefficient (Wildman–Crippen LogP) is 4.10. The van der Waals surface area contributed by atoms with Crippen LogP contribution < -0.4 is 16.0 Å². The average molecular weight is 458 g/mol. The van der Waals surface area contributed by atoms with Gasteiger partial charge in [-0.1, -0.05) is 28.1 Å². The van der Waals surface area contributed by atoms with Crippen LogP contribution in [0.25, 0.3) is 0 Å². The molecule has 0 fully saturated rings. The minimum atomic E-state index is -0.328. The molecular weight excluding hydrogens is 442 g/mol. The summed E-state index contributed by atoms with van der Waals surface area (Å²) in [6.07, 6.45) is 1.55. The van der Waals surface area contributed by atoms with Gasteiger partial charge in [0, 0.05) is 21.3 Å². The number of carbonyl (C=O) groups excluding carboxylic acids is 2. The predicted molar refractivity (Wildman–Crippen MR) is 114 cm³/mol. The van der Waals surface area contributed by atoms with Crippen molar-refractivity contribution >= 4 is 50.8 Å². The quantitative estimate of drug-likeness (QED) is 0.502. The second-order valence-electron chi connectivity index (χ2n) is 5.76. The number of halogens is 1. The first-order valence-electron chi connectivity index (χ1n) is 8.30. The van der Waals surface area contributed by atoms with Gasteiger partial charge in [0.1, 0.15) is 5.76 Å². The summed E-state index contributed by atoms with van der Waals surface area (Å²) < 4.78 is 5.99. The fourth-order valence-electron chi connectivity index (χ4n) is 2.39. The van der Waals surface area contributed by atoms with Crippen molar-refractivity contribution in [1.29, 1.82) is 0 Å². The van der Waals surface area contributed by atoms with Crippen molar-refractivity contribution in [3.63, 3.8) is 0 Å². The van der Waals surface area contributed by atoms with E-state index >= 15 is 0 Å². The topological polar surface area (TPSA) is 83.4 Å². The number of furan rings is 1. The lowest BCUT2D eigenvalue weighted by Gasteiger charge is -2.11. The van der Waals surface area contributed by atoms with Gasteiger partial charge in [-0.15, -0.1) is 0 Å². The standard InChI is InChI=1S/C20H16BrN3O3S/c21-15-6-1-4-13(10-15)19(26)24-20(28)23-16-7-2-5-14(11-16)18(25)22-12-17-8-3-9-27-17/h1-11H,12H2,(H,22,25)(H2,23,24,26,28). The van der Waals surface area contributed by atoms with Crippen LogP contribution in [0.15, 0.2) is 75.8 Å². The van der Waals surface area contributed by atoms with E-state index < -0.39 is 0 Å². The highest BCUT2D eigenvalue weighted by Crippen LogP contribution is 2.13. The van der Waals surface area contributed by atoms with Crippen LogP contribution in [0.1, 0.15) is 26.5 Å². The van der Waals surface area contributed by atoms with E-state index in [0.29, 0.717) is 29.1 Å². The molecule has 3 rings (SSSR count). The van der Waals surface area contributed by atoms with Gasteiger partial charge in [0.05, 0.1) is 12.8 Å². The summed E-state index contributed by atoms with van der Waals surface area (Å²) in [6.45, 7) is 0.296. The van der Waals surface area contributed by atoms with Crippen LogP contribution in [0.2, 0.25) is 0 Å². The lowest BCUT2D eigenvalue weighted by atomic mass is 10.2. The number of nitrogens with one attached hydrogen (secondary N) is 3. The summed E-state index contributed by atoms with van der Waals surface area (Å²) in [5.74, 6) is 0.0920. The third-order valence-electron chi connectivity index (χ3n) is 3.70. The van der Waals surface area contributed by atoms with Gasteiger partial charge < -0.3 is 15.1 Å². The second kappa shape index (κ2) is 9.29. The molecule has 0 atom stereocenters. The Labute approximate surface area is 175 Å². The maximum atomic E-state index is 12.3. The molecule has 0 saturated heterocycles. The normalized spacial score (nSPS) is 10.2. The molecule has 1 aromatic heterocycles. The van der Waals surface area contributed by atoms with Gasteiger partial charge in [0.25, 0.3) is 11.8 Å². The zero-order valence-electron chi connectivity index (χ0n) is 14.6. The molecule has 8 heteroatoms. The first-order chi connectivity index (χ1) is 13.5. The lowest BCUT2D eigenvalue weighted by Crippen LogP contribution is -2.34. The Morgan fingerprint density at radius 2 is 1.71 bits per heavy atom. The molecule has 0 aliphatic heterocycles. The van der Waals surface area contributed by atoms with Crippen LogP contribution in [-0.4, -0.2) is 16.9 Å². The largest absolute Gasteiger partial charge is 0.467 e. The number of benzene rings is 2. The molecule has 142 valence electrons. The zero-order chi connectivity index (χ0) is 19.9. The molecule has 0 aliphatic carbocycles. The monoisotopic (exact) mass is 457 g/mol. The average Bonchev–Trinajstić information content (AvgIpc) is 3.20. The van der Waals surface area contributed by atoms with Crippen LogP contribution in [-0.2, 0) is 6.54 Å². The molecule has 0 saturated carbocycles. The Morgan fingerprint density at radius 3 is 2.43 bits per heavy atom. The number of thiocarbonyl (C=S) groups is 1. The Hall–Kier alpha value is -2.97. The third kappa shape index (κ3) is 5.51. The summed E-state index contributed by atoms with van der Waals surface area (Å²) in [6, 6.07) is 17.3. The van der Waals surface area contributed by atoms with Crippen molar-refractivity contribution in [3.05, 3.63) is 88.3 Å². The van der Waals surface area contributed by atoms with Gasteiger partial charge in [-0.2, -0.15) is 0 Å². The maximum Gasteiger partial charge on any atom is 0.257 e. The van der Waals surface area contributed by atoms with Gasteiger partial charge in [0.15, 0.2) is 5.11 Å². The van der Waals surface area contributed by atoms with E-state index in [-0.39, 0.29) is 16.9 Å². The lowest BCUT2D eigenvalue weighted by molar-refractivity contribution is 0.0946. The highest BCUT2D eigenvalue weighted by molar-refractivity contribution is 9.10. The number of hydrogen-bond donors (Lipinski definition) is 3. The van der Waals surface area contributed by atoms with Crippen molar-refractivity contribution in [1.82, 2.24) is 10.6 Å². The Bertz CT molecular complexity index is 1010.